The average Bonchev–Trinajstić information content (AvgIpc) is 2.39. The van der Waals surface area contributed by atoms with Crippen molar-refractivity contribution in [1.29, 1.82) is 0 Å². The Morgan fingerprint density at radius 2 is 2.19 bits per heavy atom. The first-order valence-electron chi connectivity index (χ1n) is 5.82. The van der Waals surface area contributed by atoms with Gasteiger partial charge in [-0.05, 0) is 49.0 Å². The second-order valence-corrected chi connectivity index (χ2v) is 4.20. The van der Waals surface area contributed by atoms with Gasteiger partial charge in [0.2, 0.25) is 0 Å². The van der Waals surface area contributed by atoms with E-state index in [-0.39, 0.29) is 0 Å². The molecular weight excluding hydrogens is 200 g/mol. The number of rotatable bonds is 3. The fraction of sp³-hybridized carbons (Fsp3) is 0.429. The van der Waals surface area contributed by atoms with Crippen LogP contribution in [-0.4, -0.2) is 12.2 Å². The number of aliphatic hydroxyl groups excluding tert-OH is 1. The first kappa shape index (κ1) is 11.2. The molecule has 1 aliphatic rings. The molecular formula is C14H18O2. The van der Waals surface area contributed by atoms with E-state index in [1.54, 1.807) is 7.11 Å². The Labute approximate surface area is 96.6 Å². The number of methoxy groups -OCH3 is 1. The smallest absolute Gasteiger partial charge is 0.119 e. The third kappa shape index (κ3) is 2.45. The highest BCUT2D eigenvalue weighted by atomic mass is 16.5. The summed E-state index contributed by atoms with van der Waals surface area (Å²) in [6.07, 6.45) is 6.25. The molecule has 0 amide bonds. The van der Waals surface area contributed by atoms with Crippen LogP contribution in [-0.2, 0) is 0 Å². The van der Waals surface area contributed by atoms with Gasteiger partial charge in [0, 0.05) is 0 Å². The van der Waals surface area contributed by atoms with Gasteiger partial charge < -0.3 is 9.84 Å². The predicted octanol–water partition coefficient (Wildman–Crippen LogP) is 3.23. The van der Waals surface area contributed by atoms with E-state index in [1.807, 2.05) is 24.3 Å². The minimum absolute atomic E-state index is 0.463. The molecule has 86 valence electrons. The molecule has 1 N–H and O–H groups in total. The molecule has 2 rings (SSSR count). The molecule has 1 aromatic carbocycles. The van der Waals surface area contributed by atoms with Crippen molar-refractivity contribution in [3.05, 3.63) is 41.5 Å². The van der Waals surface area contributed by atoms with Crippen molar-refractivity contribution in [2.24, 2.45) is 0 Å². The average molecular weight is 218 g/mol. The highest BCUT2D eigenvalue weighted by Crippen LogP contribution is 2.30. The van der Waals surface area contributed by atoms with Crippen LogP contribution in [0.5, 0.6) is 5.75 Å². The van der Waals surface area contributed by atoms with E-state index >= 15 is 0 Å². The number of benzene rings is 1. The number of ether oxygens (including phenoxy) is 1. The van der Waals surface area contributed by atoms with E-state index in [0.29, 0.717) is 0 Å². The summed E-state index contributed by atoms with van der Waals surface area (Å²) in [4.78, 5) is 0. The van der Waals surface area contributed by atoms with E-state index in [1.165, 1.54) is 12.8 Å². The van der Waals surface area contributed by atoms with Crippen molar-refractivity contribution in [1.82, 2.24) is 0 Å². The van der Waals surface area contributed by atoms with Gasteiger partial charge in [0.15, 0.2) is 0 Å². The van der Waals surface area contributed by atoms with Crippen LogP contribution in [0.25, 0.3) is 0 Å². The molecule has 1 aromatic rings. The third-order valence-electron chi connectivity index (χ3n) is 3.09. The summed E-state index contributed by atoms with van der Waals surface area (Å²) >= 11 is 0. The molecule has 0 radical (unpaired) electrons. The highest BCUT2D eigenvalue weighted by molar-refractivity contribution is 5.33. The van der Waals surface area contributed by atoms with Crippen molar-refractivity contribution in [2.75, 3.05) is 7.11 Å². The van der Waals surface area contributed by atoms with Crippen molar-refractivity contribution in [3.63, 3.8) is 0 Å². The molecule has 16 heavy (non-hydrogen) atoms. The minimum Gasteiger partial charge on any atom is -0.497 e. The number of hydrogen-bond donors (Lipinski definition) is 1. The summed E-state index contributed by atoms with van der Waals surface area (Å²) in [6.45, 7) is 0. The van der Waals surface area contributed by atoms with E-state index in [9.17, 15) is 5.11 Å². The van der Waals surface area contributed by atoms with E-state index in [0.717, 1.165) is 29.7 Å². The first-order chi connectivity index (χ1) is 7.81. The number of hydrogen-bond acceptors (Lipinski definition) is 2. The molecule has 2 heteroatoms. The zero-order valence-electron chi connectivity index (χ0n) is 9.65. The first-order valence-corrected chi connectivity index (χ1v) is 5.82. The van der Waals surface area contributed by atoms with Gasteiger partial charge in [-0.1, -0.05) is 18.2 Å². The Hall–Kier alpha value is -1.28. The lowest BCUT2D eigenvalue weighted by Gasteiger charge is -2.19. The van der Waals surface area contributed by atoms with Crippen LogP contribution < -0.4 is 4.74 Å². The summed E-state index contributed by atoms with van der Waals surface area (Å²) < 4.78 is 5.16. The quantitative estimate of drug-likeness (QED) is 0.789. The van der Waals surface area contributed by atoms with Crippen LogP contribution >= 0.6 is 0 Å². The van der Waals surface area contributed by atoms with E-state index in [4.69, 9.17) is 4.74 Å². The van der Waals surface area contributed by atoms with Gasteiger partial charge in [-0.25, -0.2) is 0 Å². The van der Waals surface area contributed by atoms with Gasteiger partial charge in [0.25, 0.3) is 0 Å². The fourth-order valence-corrected chi connectivity index (χ4v) is 2.14. The van der Waals surface area contributed by atoms with Crippen LogP contribution in [0.2, 0.25) is 0 Å². The maximum atomic E-state index is 10.2. The Balaban J connectivity index is 2.19. The van der Waals surface area contributed by atoms with Crippen molar-refractivity contribution in [2.45, 2.75) is 31.8 Å². The minimum atomic E-state index is -0.463. The Morgan fingerprint density at radius 1 is 1.31 bits per heavy atom. The predicted molar refractivity (Wildman–Crippen MR) is 64.5 cm³/mol. The fourth-order valence-electron chi connectivity index (χ4n) is 2.14. The summed E-state index contributed by atoms with van der Waals surface area (Å²) in [5.74, 6) is 0.799. The summed E-state index contributed by atoms with van der Waals surface area (Å²) in [5, 5.41) is 10.2. The lowest BCUT2D eigenvalue weighted by molar-refractivity contribution is 0.208. The van der Waals surface area contributed by atoms with Crippen molar-refractivity contribution >= 4 is 0 Å². The maximum absolute atomic E-state index is 10.2. The Morgan fingerprint density at radius 3 is 2.88 bits per heavy atom. The van der Waals surface area contributed by atoms with Crippen LogP contribution in [0.1, 0.15) is 37.4 Å². The molecule has 1 unspecified atom stereocenters. The zero-order valence-corrected chi connectivity index (χ0v) is 9.65. The zero-order chi connectivity index (χ0) is 11.4. The standard InChI is InChI=1S/C14H18O2/c1-16-13-9-5-8-12(10-13)14(15)11-6-3-2-4-7-11/h5-6,8-10,14-15H,2-4,7H2,1H3. The lowest BCUT2D eigenvalue weighted by atomic mass is 9.92. The van der Waals surface area contributed by atoms with Gasteiger partial charge in [0.1, 0.15) is 11.9 Å². The molecule has 0 fully saturated rings. The summed E-state index contributed by atoms with van der Waals surface area (Å²) in [7, 11) is 1.64. The molecule has 0 aliphatic heterocycles. The van der Waals surface area contributed by atoms with Gasteiger partial charge >= 0.3 is 0 Å². The van der Waals surface area contributed by atoms with Crippen molar-refractivity contribution in [3.8, 4) is 5.75 Å². The largest absolute Gasteiger partial charge is 0.497 e. The second kappa shape index (κ2) is 5.17. The van der Waals surface area contributed by atoms with Gasteiger partial charge in [-0.3, -0.25) is 0 Å². The summed E-state index contributed by atoms with van der Waals surface area (Å²) in [6, 6.07) is 7.66. The van der Waals surface area contributed by atoms with Gasteiger partial charge in [-0.2, -0.15) is 0 Å². The van der Waals surface area contributed by atoms with Crippen LogP contribution in [0, 0.1) is 0 Å². The van der Waals surface area contributed by atoms with Crippen molar-refractivity contribution < 1.29 is 9.84 Å². The SMILES string of the molecule is COc1cccc(C(O)C2=CCCCC2)c1. The summed E-state index contributed by atoms with van der Waals surface area (Å²) in [5.41, 5.74) is 2.08. The molecule has 2 nitrogen and oxygen atoms in total. The lowest BCUT2D eigenvalue weighted by Crippen LogP contribution is -2.04. The molecule has 0 aromatic heterocycles. The van der Waals surface area contributed by atoms with Gasteiger partial charge in [0.05, 0.1) is 7.11 Å². The molecule has 0 bridgehead atoms. The number of aliphatic hydroxyl groups is 1. The number of allylic oxidation sites excluding steroid dienone is 1. The van der Waals surface area contributed by atoms with E-state index < -0.39 is 6.10 Å². The monoisotopic (exact) mass is 218 g/mol. The van der Waals surface area contributed by atoms with Gasteiger partial charge in [-0.15, -0.1) is 0 Å². The third-order valence-corrected chi connectivity index (χ3v) is 3.09. The van der Waals surface area contributed by atoms with Crippen LogP contribution in [0.4, 0.5) is 0 Å². The highest BCUT2D eigenvalue weighted by Gasteiger charge is 2.15. The molecule has 1 aliphatic carbocycles. The topological polar surface area (TPSA) is 29.5 Å². The van der Waals surface area contributed by atoms with Crippen LogP contribution in [0.15, 0.2) is 35.9 Å². The Bertz CT molecular complexity index is 382. The molecule has 0 saturated carbocycles. The molecule has 1 atom stereocenters. The molecule has 0 saturated heterocycles. The Kier molecular flexibility index (Phi) is 3.62. The molecule has 0 heterocycles. The normalized spacial score (nSPS) is 17.8. The second-order valence-electron chi connectivity index (χ2n) is 4.20. The van der Waals surface area contributed by atoms with E-state index in [2.05, 4.69) is 6.08 Å². The van der Waals surface area contributed by atoms with Crippen LogP contribution in [0.3, 0.4) is 0 Å². The maximum Gasteiger partial charge on any atom is 0.119 e. The molecule has 0 spiro atoms.